The average Bonchev–Trinajstić information content (AvgIpc) is 3.46. The Balaban J connectivity index is 1.47. The molecule has 2 atom stereocenters. The molecule has 2 aromatic heterocycles. The molecule has 2 N–H and O–H groups in total. The molecule has 5 rings (SSSR count). The minimum atomic E-state index is -0.156. The minimum Gasteiger partial charge on any atom is -0.497 e. The number of carbonyl (C=O) groups excluding carboxylic acids is 1. The van der Waals surface area contributed by atoms with Gasteiger partial charge in [0.15, 0.2) is 5.11 Å². The van der Waals surface area contributed by atoms with Crippen LogP contribution < -0.4 is 15.4 Å². The van der Waals surface area contributed by atoms with Gasteiger partial charge in [0, 0.05) is 48.0 Å². The maximum absolute atomic E-state index is 13.1. The zero-order chi connectivity index (χ0) is 28.2. The van der Waals surface area contributed by atoms with Crippen LogP contribution in [-0.2, 0) is 11.2 Å². The largest absolute Gasteiger partial charge is 0.497 e. The molecule has 2 aromatic carbocycles. The van der Waals surface area contributed by atoms with Crippen molar-refractivity contribution in [2.75, 3.05) is 19.0 Å². The van der Waals surface area contributed by atoms with Gasteiger partial charge in [0.1, 0.15) is 5.75 Å². The zero-order valence-electron chi connectivity index (χ0n) is 23.3. The lowest BCUT2D eigenvalue weighted by molar-refractivity contribution is -0.116. The summed E-state index contributed by atoms with van der Waals surface area (Å²) < 4.78 is 7.72. The number of aryl methyl sites for hydroxylation is 2. The first kappa shape index (κ1) is 27.4. The SMILES string of the molecule is CCc1ccccc1NC(=O)CCN1C(=S)N[C@@H](c2ccccn2)[C@@H]1c1cc(C)n(-c2cccc(OC)c2)c1C. The average molecular weight is 554 g/mol. The fraction of sp³-hybridized carbons (Fsp3) is 0.281. The Labute approximate surface area is 241 Å². The second-order valence-corrected chi connectivity index (χ2v) is 10.4. The summed E-state index contributed by atoms with van der Waals surface area (Å²) in [7, 11) is 1.68. The summed E-state index contributed by atoms with van der Waals surface area (Å²) in [5.41, 5.74) is 7.27. The lowest BCUT2D eigenvalue weighted by Crippen LogP contribution is -2.33. The summed E-state index contributed by atoms with van der Waals surface area (Å²) in [6, 6.07) is 23.8. The Bertz CT molecular complexity index is 1520. The van der Waals surface area contributed by atoms with Gasteiger partial charge in [-0.25, -0.2) is 0 Å². The lowest BCUT2D eigenvalue weighted by atomic mass is 9.96. The van der Waals surface area contributed by atoms with Gasteiger partial charge in [-0.2, -0.15) is 0 Å². The topological polar surface area (TPSA) is 71.4 Å². The Morgan fingerprint density at radius 3 is 2.62 bits per heavy atom. The van der Waals surface area contributed by atoms with E-state index in [9.17, 15) is 4.79 Å². The van der Waals surface area contributed by atoms with Crippen molar-refractivity contribution in [1.29, 1.82) is 0 Å². The van der Waals surface area contributed by atoms with E-state index in [-0.39, 0.29) is 18.0 Å². The molecule has 0 radical (unpaired) electrons. The Morgan fingerprint density at radius 2 is 1.88 bits per heavy atom. The molecule has 4 aromatic rings. The first-order chi connectivity index (χ1) is 19.4. The third-order valence-corrected chi connectivity index (χ3v) is 7.90. The van der Waals surface area contributed by atoms with E-state index in [1.54, 1.807) is 13.3 Å². The van der Waals surface area contributed by atoms with Crippen LogP contribution in [-0.4, -0.2) is 39.1 Å². The van der Waals surface area contributed by atoms with Crippen LogP contribution in [0.5, 0.6) is 5.75 Å². The summed E-state index contributed by atoms with van der Waals surface area (Å²) in [5.74, 6) is 0.768. The summed E-state index contributed by atoms with van der Waals surface area (Å²) in [6.45, 7) is 6.80. The van der Waals surface area contributed by atoms with Gasteiger partial charge in [0.2, 0.25) is 5.91 Å². The Kier molecular flexibility index (Phi) is 8.16. The normalized spacial score (nSPS) is 16.6. The molecule has 1 aliphatic rings. The summed E-state index contributed by atoms with van der Waals surface area (Å²) >= 11 is 5.86. The van der Waals surface area contributed by atoms with Crippen LogP contribution in [0.4, 0.5) is 5.69 Å². The van der Waals surface area contributed by atoms with Crippen molar-refractivity contribution < 1.29 is 9.53 Å². The number of hydrogen-bond acceptors (Lipinski definition) is 4. The predicted molar refractivity (Wildman–Crippen MR) is 163 cm³/mol. The van der Waals surface area contributed by atoms with Crippen LogP contribution in [0.2, 0.25) is 0 Å². The smallest absolute Gasteiger partial charge is 0.226 e. The van der Waals surface area contributed by atoms with Crippen molar-refractivity contribution >= 4 is 28.9 Å². The highest BCUT2D eigenvalue weighted by Crippen LogP contribution is 2.41. The van der Waals surface area contributed by atoms with Crippen LogP contribution >= 0.6 is 12.2 Å². The first-order valence-corrected chi connectivity index (χ1v) is 14.0. The van der Waals surface area contributed by atoms with E-state index in [1.165, 1.54) is 0 Å². The van der Waals surface area contributed by atoms with Gasteiger partial charge in [0.05, 0.1) is 24.9 Å². The van der Waals surface area contributed by atoms with E-state index in [0.717, 1.165) is 51.8 Å². The van der Waals surface area contributed by atoms with Crippen molar-refractivity contribution in [3.05, 3.63) is 107 Å². The fourth-order valence-electron chi connectivity index (χ4n) is 5.60. The molecule has 206 valence electrons. The van der Waals surface area contributed by atoms with E-state index in [1.807, 2.05) is 60.7 Å². The monoisotopic (exact) mass is 553 g/mol. The first-order valence-electron chi connectivity index (χ1n) is 13.6. The highest BCUT2D eigenvalue weighted by atomic mass is 32.1. The highest BCUT2D eigenvalue weighted by Gasteiger charge is 2.41. The molecule has 0 aliphatic carbocycles. The third kappa shape index (κ3) is 5.45. The van der Waals surface area contributed by atoms with Crippen LogP contribution in [0.1, 0.15) is 53.6 Å². The standard InChI is InChI=1S/C32H35N5O2S/c1-5-23-11-6-7-14-27(23)34-29(38)16-18-36-31(30(35-32(36)40)28-15-8-9-17-33-28)26-19-21(2)37(22(26)3)24-12-10-13-25(20-24)39-4/h6-15,17,19-20,30-31H,5,16,18H2,1-4H3,(H,34,38)(H,35,40)/t30-,31-/m0/s1. The number of para-hydroxylation sites is 1. The second kappa shape index (κ2) is 11.9. The third-order valence-electron chi connectivity index (χ3n) is 7.55. The molecule has 0 unspecified atom stereocenters. The van der Waals surface area contributed by atoms with Crippen LogP contribution in [0.3, 0.4) is 0 Å². The van der Waals surface area contributed by atoms with Crippen LogP contribution in [0.25, 0.3) is 5.69 Å². The number of nitrogens with one attached hydrogen (secondary N) is 2. The fourth-order valence-corrected chi connectivity index (χ4v) is 5.94. The molecule has 3 heterocycles. The van der Waals surface area contributed by atoms with E-state index in [4.69, 9.17) is 17.0 Å². The molecule has 1 amide bonds. The number of thiocarbonyl (C=S) groups is 1. The van der Waals surface area contributed by atoms with Crippen molar-refractivity contribution in [1.82, 2.24) is 19.8 Å². The van der Waals surface area contributed by atoms with Crippen molar-refractivity contribution in [3.63, 3.8) is 0 Å². The van der Waals surface area contributed by atoms with E-state index in [0.29, 0.717) is 18.1 Å². The van der Waals surface area contributed by atoms with E-state index >= 15 is 0 Å². The number of carbonyl (C=O) groups is 1. The Hall–Kier alpha value is -4.17. The van der Waals surface area contributed by atoms with Crippen molar-refractivity contribution in [2.24, 2.45) is 0 Å². The number of amides is 1. The quantitative estimate of drug-likeness (QED) is 0.246. The second-order valence-electron chi connectivity index (χ2n) is 9.99. The zero-order valence-corrected chi connectivity index (χ0v) is 24.2. The maximum atomic E-state index is 13.1. The molecule has 40 heavy (non-hydrogen) atoms. The number of ether oxygens (including phenoxy) is 1. The van der Waals surface area contributed by atoms with E-state index < -0.39 is 0 Å². The van der Waals surface area contributed by atoms with Crippen molar-refractivity contribution in [3.8, 4) is 11.4 Å². The summed E-state index contributed by atoms with van der Waals surface area (Å²) in [4.78, 5) is 19.9. The number of nitrogens with zero attached hydrogens (tertiary/aromatic N) is 3. The molecule has 7 nitrogen and oxygen atoms in total. The van der Waals surface area contributed by atoms with Gasteiger partial charge in [0.25, 0.3) is 0 Å². The minimum absolute atomic E-state index is 0.0365. The van der Waals surface area contributed by atoms with Gasteiger partial charge in [-0.15, -0.1) is 0 Å². The number of hydrogen-bond donors (Lipinski definition) is 2. The molecule has 1 aliphatic heterocycles. The predicted octanol–water partition coefficient (Wildman–Crippen LogP) is 6.06. The summed E-state index contributed by atoms with van der Waals surface area (Å²) in [5, 5.41) is 7.22. The number of anilines is 1. The molecule has 8 heteroatoms. The van der Waals surface area contributed by atoms with Gasteiger partial charge in [-0.1, -0.05) is 37.3 Å². The number of rotatable bonds is 9. The molecule has 0 saturated carbocycles. The number of aromatic nitrogens is 2. The molecule has 0 spiro atoms. The maximum Gasteiger partial charge on any atom is 0.226 e. The molecule has 1 saturated heterocycles. The molecule has 1 fully saturated rings. The molecule has 0 bridgehead atoms. The van der Waals surface area contributed by atoms with Gasteiger partial charge >= 0.3 is 0 Å². The van der Waals surface area contributed by atoms with Gasteiger partial charge in [-0.3, -0.25) is 9.78 Å². The van der Waals surface area contributed by atoms with Crippen LogP contribution in [0, 0.1) is 13.8 Å². The molecular weight excluding hydrogens is 518 g/mol. The highest BCUT2D eigenvalue weighted by molar-refractivity contribution is 7.80. The van der Waals surface area contributed by atoms with Crippen molar-refractivity contribution in [2.45, 2.75) is 45.7 Å². The molecular formula is C32H35N5O2S. The number of benzene rings is 2. The van der Waals surface area contributed by atoms with E-state index in [2.05, 4.69) is 58.0 Å². The lowest BCUT2D eigenvalue weighted by Gasteiger charge is -2.28. The van der Waals surface area contributed by atoms with Gasteiger partial charge in [-0.05, 0) is 80.0 Å². The number of pyridine rings is 1. The van der Waals surface area contributed by atoms with Crippen LogP contribution in [0.15, 0.2) is 79.0 Å². The summed E-state index contributed by atoms with van der Waals surface area (Å²) in [6.07, 6.45) is 2.96. The Morgan fingerprint density at radius 1 is 1.07 bits per heavy atom. The number of methoxy groups -OCH3 is 1. The van der Waals surface area contributed by atoms with Gasteiger partial charge < -0.3 is 24.8 Å².